The van der Waals surface area contributed by atoms with Crippen LogP contribution in [0.15, 0.2) is 64.8 Å². The largest absolute Gasteiger partial charge is 0.300 e. The molecule has 0 aromatic heterocycles. The molecule has 1 nitrogen and oxygen atoms in total. The second kappa shape index (κ2) is 5.13. The summed E-state index contributed by atoms with van der Waals surface area (Å²) in [5.74, 6) is 0. The maximum absolute atomic E-state index is 8.43. The average molecular weight is 357 g/mol. The molecule has 0 fully saturated rings. The number of hydrogen-bond acceptors (Lipinski definition) is 1. The average Bonchev–Trinajstić information content (AvgIpc) is 2.47. The van der Waals surface area contributed by atoms with Gasteiger partial charge >= 0.3 is 0 Å². The molecule has 1 aliphatic carbocycles. The van der Waals surface area contributed by atoms with E-state index < -0.39 is 0 Å². The second-order valence-electron chi connectivity index (χ2n) is 4.36. The number of halogens is 1. The van der Waals surface area contributed by atoms with Crippen molar-refractivity contribution in [3.63, 3.8) is 0 Å². The van der Waals surface area contributed by atoms with Gasteiger partial charge < -0.3 is 0 Å². The van der Waals surface area contributed by atoms with E-state index in [-0.39, 0.29) is 0 Å². The molecule has 2 aromatic rings. The minimum absolute atomic E-state index is 0.601. The van der Waals surface area contributed by atoms with Gasteiger partial charge in [-0.15, -0.1) is 0 Å². The molecule has 0 aliphatic heterocycles. The van der Waals surface area contributed by atoms with Gasteiger partial charge in [0.25, 0.3) is 0 Å². The van der Waals surface area contributed by atoms with Gasteiger partial charge in [0.05, 0.1) is 5.71 Å². The van der Waals surface area contributed by atoms with E-state index in [0.717, 1.165) is 22.3 Å². The van der Waals surface area contributed by atoms with Gasteiger partial charge in [-0.1, -0.05) is 83.3 Å². The Bertz CT molecular complexity index is 711. The van der Waals surface area contributed by atoms with Crippen LogP contribution in [0.2, 0.25) is 0 Å². The summed E-state index contributed by atoms with van der Waals surface area (Å²) >= 11 is 2.19. The maximum atomic E-state index is 8.43. The fourth-order valence-corrected chi connectivity index (χ4v) is 2.68. The Balaban J connectivity index is 2.32. The Kier molecular flexibility index (Phi) is 3.34. The lowest BCUT2D eigenvalue weighted by Gasteiger charge is -2.23. The second-order valence-corrected chi connectivity index (χ2v) is 5.08. The first-order valence-electron chi connectivity index (χ1n) is 6.08. The highest BCUT2D eigenvalue weighted by molar-refractivity contribution is 14.1. The third-order valence-electron chi connectivity index (χ3n) is 3.31. The molecule has 0 radical (unpaired) electrons. The van der Waals surface area contributed by atoms with E-state index >= 15 is 0 Å². The topological polar surface area (TPSA) is 23.9 Å². The molecule has 1 N–H and O–H groups in total. The predicted octanol–water partition coefficient (Wildman–Crippen LogP) is 5.07. The van der Waals surface area contributed by atoms with Crippen LogP contribution in [0.5, 0.6) is 0 Å². The number of fused-ring (bicyclic) bond motifs is 3. The Hall–Kier alpha value is -1.68. The molecule has 0 spiro atoms. The van der Waals surface area contributed by atoms with Gasteiger partial charge in [-0.2, -0.15) is 0 Å². The first kappa shape index (κ1) is 12.4. The van der Waals surface area contributed by atoms with E-state index in [9.17, 15) is 0 Å². The van der Waals surface area contributed by atoms with Crippen molar-refractivity contribution in [2.45, 2.75) is 0 Å². The van der Waals surface area contributed by atoms with Crippen LogP contribution in [-0.4, -0.2) is 5.71 Å². The molecule has 0 saturated carbocycles. The first-order chi connectivity index (χ1) is 9.33. The van der Waals surface area contributed by atoms with Crippen LogP contribution in [0, 0.1) is 5.41 Å². The molecule has 0 unspecified atom stereocenters. The zero-order valence-corrected chi connectivity index (χ0v) is 12.4. The Morgan fingerprint density at radius 1 is 0.789 bits per heavy atom. The summed E-state index contributed by atoms with van der Waals surface area (Å²) < 4.78 is 1.96. The van der Waals surface area contributed by atoms with E-state index in [1.165, 1.54) is 5.56 Å². The number of rotatable bonds is 1. The highest BCUT2D eigenvalue weighted by Gasteiger charge is 2.22. The highest BCUT2D eigenvalue weighted by atomic mass is 127. The van der Waals surface area contributed by atoms with E-state index in [4.69, 9.17) is 5.41 Å². The Labute approximate surface area is 126 Å². The van der Waals surface area contributed by atoms with Crippen LogP contribution < -0.4 is 0 Å². The zero-order valence-electron chi connectivity index (χ0n) is 10.2. The van der Waals surface area contributed by atoms with Crippen molar-refractivity contribution in [1.29, 1.82) is 5.41 Å². The molecular formula is C17H12IN. The fraction of sp³-hybridized carbons (Fsp3) is 0. The van der Waals surface area contributed by atoms with Crippen LogP contribution in [0.3, 0.4) is 0 Å². The fourth-order valence-electron chi connectivity index (χ4n) is 2.47. The van der Waals surface area contributed by atoms with Crippen molar-refractivity contribution < 1.29 is 0 Å². The number of nitrogens with one attached hydrogen (secondary N) is 1. The Morgan fingerprint density at radius 3 is 1.95 bits per heavy atom. The van der Waals surface area contributed by atoms with Gasteiger partial charge in [0.1, 0.15) is 0 Å². The molecule has 1 aliphatic rings. The molecular weight excluding hydrogens is 345 g/mol. The standard InChI is InChI=1S/C17H12IN/c18-11-5-10-16-14-7-2-1-6-12(14)13-8-3-4-9-15(13)17(16)19/h1-11,19H/b11-5-,16-10-,19-17?. The van der Waals surface area contributed by atoms with Gasteiger partial charge in [-0.3, -0.25) is 5.41 Å². The SMILES string of the molecule is N=C1/C(=C\C=C/I)c2ccccc2-c2ccccc21. The molecule has 3 rings (SSSR count). The maximum Gasteiger partial charge on any atom is 0.0697 e. The van der Waals surface area contributed by atoms with Crippen molar-refractivity contribution in [2.75, 3.05) is 0 Å². The summed E-state index contributed by atoms with van der Waals surface area (Å²) in [7, 11) is 0. The molecule has 0 atom stereocenters. The molecule has 92 valence electrons. The monoisotopic (exact) mass is 357 g/mol. The highest BCUT2D eigenvalue weighted by Crippen LogP contribution is 2.38. The van der Waals surface area contributed by atoms with E-state index in [2.05, 4.69) is 46.9 Å². The zero-order chi connectivity index (χ0) is 13.2. The van der Waals surface area contributed by atoms with Crippen LogP contribution in [0.1, 0.15) is 11.1 Å². The number of allylic oxidation sites excluding steroid dienone is 3. The molecule has 0 amide bonds. The van der Waals surface area contributed by atoms with Gasteiger partial charge in [-0.25, -0.2) is 0 Å². The third-order valence-corrected chi connectivity index (χ3v) is 3.72. The lowest BCUT2D eigenvalue weighted by Crippen LogP contribution is -2.11. The molecule has 2 heteroatoms. The normalized spacial score (nSPS) is 15.6. The lowest BCUT2D eigenvalue weighted by atomic mass is 9.81. The van der Waals surface area contributed by atoms with Crippen LogP contribution in [-0.2, 0) is 0 Å². The van der Waals surface area contributed by atoms with E-state index in [1.54, 1.807) is 0 Å². The van der Waals surface area contributed by atoms with Crippen LogP contribution in [0.4, 0.5) is 0 Å². The molecule has 19 heavy (non-hydrogen) atoms. The van der Waals surface area contributed by atoms with Gasteiger partial charge in [0.15, 0.2) is 0 Å². The summed E-state index contributed by atoms with van der Waals surface area (Å²) in [6, 6.07) is 16.4. The minimum atomic E-state index is 0.601. The molecule has 0 heterocycles. The Morgan fingerprint density at radius 2 is 1.32 bits per heavy atom. The van der Waals surface area contributed by atoms with Crippen LogP contribution >= 0.6 is 22.6 Å². The number of benzene rings is 2. The first-order valence-corrected chi connectivity index (χ1v) is 7.32. The van der Waals surface area contributed by atoms with Gasteiger partial charge in [-0.05, 0) is 20.8 Å². The number of hydrogen-bond donors (Lipinski definition) is 1. The smallest absolute Gasteiger partial charge is 0.0697 e. The van der Waals surface area contributed by atoms with E-state index in [0.29, 0.717) is 5.71 Å². The molecule has 0 saturated heterocycles. The lowest BCUT2D eigenvalue weighted by molar-refractivity contribution is 1.45. The quantitative estimate of drug-likeness (QED) is 0.690. The van der Waals surface area contributed by atoms with Crippen molar-refractivity contribution in [1.82, 2.24) is 0 Å². The summed E-state index contributed by atoms with van der Waals surface area (Å²) in [6.07, 6.45) is 4.00. The van der Waals surface area contributed by atoms with E-state index in [1.807, 2.05) is 40.5 Å². The molecule has 2 aromatic carbocycles. The van der Waals surface area contributed by atoms with Crippen molar-refractivity contribution in [2.24, 2.45) is 0 Å². The minimum Gasteiger partial charge on any atom is -0.300 e. The van der Waals surface area contributed by atoms with Crippen molar-refractivity contribution >= 4 is 33.9 Å². The van der Waals surface area contributed by atoms with Gasteiger partial charge in [0, 0.05) is 11.1 Å². The summed E-state index contributed by atoms with van der Waals surface area (Å²) in [5.41, 5.74) is 6.10. The third kappa shape index (κ3) is 2.06. The van der Waals surface area contributed by atoms with Crippen molar-refractivity contribution in [3.05, 3.63) is 75.9 Å². The van der Waals surface area contributed by atoms with Crippen LogP contribution in [0.25, 0.3) is 16.7 Å². The summed E-state index contributed by atoms with van der Waals surface area (Å²) in [5, 5.41) is 8.43. The summed E-state index contributed by atoms with van der Waals surface area (Å²) in [4.78, 5) is 0. The predicted molar refractivity (Wildman–Crippen MR) is 89.8 cm³/mol. The molecule has 0 bridgehead atoms. The van der Waals surface area contributed by atoms with Crippen molar-refractivity contribution in [3.8, 4) is 11.1 Å². The van der Waals surface area contributed by atoms with Gasteiger partial charge in [0.2, 0.25) is 0 Å². The summed E-state index contributed by atoms with van der Waals surface area (Å²) in [6.45, 7) is 0.